The first-order chi connectivity index (χ1) is 16.2. The van der Waals surface area contributed by atoms with E-state index in [0.29, 0.717) is 16.7 Å². The van der Waals surface area contributed by atoms with Gasteiger partial charge >= 0.3 is 0 Å². The van der Waals surface area contributed by atoms with Crippen molar-refractivity contribution < 1.29 is 14.3 Å². The van der Waals surface area contributed by atoms with Gasteiger partial charge in [0, 0.05) is 54.4 Å². The largest absolute Gasteiger partial charge is 0.494 e. The second-order valence-electron chi connectivity index (χ2n) is 11.4. The van der Waals surface area contributed by atoms with Crippen molar-refractivity contribution in [2.24, 2.45) is 16.7 Å². The van der Waals surface area contributed by atoms with Crippen LogP contribution in [0.1, 0.15) is 56.1 Å². The van der Waals surface area contributed by atoms with Crippen LogP contribution in [-0.4, -0.2) is 61.4 Å². The summed E-state index contributed by atoms with van der Waals surface area (Å²) in [6.45, 7) is 14.1. The Morgan fingerprint density at radius 2 is 1.97 bits per heavy atom. The fourth-order valence-corrected chi connectivity index (χ4v) is 7.40. The summed E-state index contributed by atoms with van der Waals surface area (Å²) in [6.07, 6.45) is 3.65. The number of amides is 1. The van der Waals surface area contributed by atoms with E-state index in [4.69, 9.17) is 21.1 Å². The van der Waals surface area contributed by atoms with E-state index in [1.807, 2.05) is 12.1 Å². The minimum Gasteiger partial charge on any atom is -0.494 e. The van der Waals surface area contributed by atoms with Crippen molar-refractivity contribution in [2.45, 2.75) is 59.5 Å². The summed E-state index contributed by atoms with van der Waals surface area (Å²) in [5.41, 5.74) is 2.90. The van der Waals surface area contributed by atoms with Gasteiger partial charge in [-0.2, -0.15) is 0 Å². The molecule has 1 aromatic carbocycles. The summed E-state index contributed by atoms with van der Waals surface area (Å²) >= 11 is 6.49. The Bertz CT molecular complexity index is 1100. The first kappa shape index (κ1) is 24.0. The fraction of sp³-hybridized carbons (Fsp3) is 0.667. The van der Waals surface area contributed by atoms with E-state index >= 15 is 0 Å². The lowest BCUT2D eigenvalue weighted by Gasteiger charge is -2.43. The Morgan fingerprint density at radius 3 is 2.62 bits per heavy atom. The van der Waals surface area contributed by atoms with Crippen LogP contribution >= 0.6 is 11.6 Å². The van der Waals surface area contributed by atoms with Crippen molar-refractivity contribution in [2.75, 3.05) is 40.0 Å². The highest BCUT2D eigenvalue weighted by Crippen LogP contribution is 2.62. The van der Waals surface area contributed by atoms with E-state index in [0.717, 1.165) is 61.6 Å². The zero-order chi connectivity index (χ0) is 24.3. The molecule has 7 heteroatoms. The third-order valence-corrected chi connectivity index (χ3v) is 9.30. The molecule has 1 saturated heterocycles. The van der Waals surface area contributed by atoms with Gasteiger partial charge in [-0.1, -0.05) is 32.4 Å². The molecule has 1 amide bonds. The standard InChI is InChI=1S/C27H38ClN3O3/c1-17-22(24(32)29-25-26(2,3)18-6-7-27(25,4)16-18)20-14-19(28)15-21(33-5)23(20)31(17)9-8-30-10-12-34-13-11-30/h14-15,18,25H,6-13,16H2,1-5H3,(H,29,32)/t18-,25?,27?/m0/s1. The van der Waals surface area contributed by atoms with Crippen molar-refractivity contribution in [1.82, 2.24) is 14.8 Å². The minimum absolute atomic E-state index is 0.00351. The van der Waals surface area contributed by atoms with Gasteiger partial charge in [-0.05, 0) is 49.0 Å². The Hall–Kier alpha value is -1.76. The van der Waals surface area contributed by atoms with Gasteiger partial charge in [0.15, 0.2) is 0 Å². The number of benzene rings is 1. The highest BCUT2D eigenvalue weighted by Gasteiger charge is 2.59. The van der Waals surface area contributed by atoms with E-state index in [9.17, 15) is 4.79 Å². The number of carbonyl (C=O) groups excluding carboxylic acids is 1. The van der Waals surface area contributed by atoms with Gasteiger partial charge < -0.3 is 19.4 Å². The smallest absolute Gasteiger partial charge is 0.253 e. The van der Waals surface area contributed by atoms with Gasteiger partial charge in [0.2, 0.25) is 0 Å². The zero-order valence-corrected chi connectivity index (χ0v) is 21.9. The SMILES string of the molecule is COc1cc(Cl)cc2c(C(=O)NC3C4(C)CC[C@@H](C4)C3(C)C)c(C)n(CCN3CCOCC3)c12. The molecule has 2 heterocycles. The predicted octanol–water partition coefficient (Wildman–Crippen LogP) is 4.89. The number of carbonyl (C=O) groups is 1. The third kappa shape index (κ3) is 3.82. The predicted molar refractivity (Wildman–Crippen MR) is 136 cm³/mol. The van der Waals surface area contributed by atoms with Gasteiger partial charge in [0.05, 0.1) is 31.4 Å². The Morgan fingerprint density at radius 1 is 1.24 bits per heavy atom. The molecule has 2 bridgehead atoms. The van der Waals surface area contributed by atoms with Gasteiger partial charge in [0.25, 0.3) is 5.91 Å². The van der Waals surface area contributed by atoms with Crippen molar-refractivity contribution in [3.63, 3.8) is 0 Å². The van der Waals surface area contributed by atoms with Crippen molar-refractivity contribution in [1.29, 1.82) is 0 Å². The van der Waals surface area contributed by atoms with Gasteiger partial charge in [-0.25, -0.2) is 0 Å². The van der Waals surface area contributed by atoms with Crippen LogP contribution in [0.5, 0.6) is 5.75 Å². The number of rotatable bonds is 6. The lowest BCUT2D eigenvalue weighted by molar-refractivity contribution is 0.0365. The maximum atomic E-state index is 13.9. The second kappa shape index (κ2) is 8.72. The molecule has 1 N–H and O–H groups in total. The molecule has 5 rings (SSSR count). The molecule has 186 valence electrons. The highest BCUT2D eigenvalue weighted by molar-refractivity contribution is 6.32. The number of hydrogen-bond acceptors (Lipinski definition) is 4. The average molecular weight is 488 g/mol. The molecule has 3 atom stereocenters. The van der Waals surface area contributed by atoms with E-state index in [1.165, 1.54) is 19.3 Å². The van der Waals surface area contributed by atoms with Crippen LogP contribution in [0, 0.1) is 23.7 Å². The molecule has 1 aromatic heterocycles. The number of nitrogens with zero attached hydrogens (tertiary/aromatic N) is 2. The van der Waals surface area contributed by atoms with E-state index < -0.39 is 0 Å². The Kier molecular flexibility index (Phi) is 6.14. The lowest BCUT2D eigenvalue weighted by Crippen LogP contribution is -2.52. The molecule has 1 aliphatic heterocycles. The summed E-state index contributed by atoms with van der Waals surface area (Å²) in [6, 6.07) is 3.93. The van der Waals surface area contributed by atoms with Crippen LogP contribution in [0.15, 0.2) is 12.1 Å². The summed E-state index contributed by atoms with van der Waals surface area (Å²) in [7, 11) is 1.66. The second-order valence-corrected chi connectivity index (χ2v) is 11.8. The van der Waals surface area contributed by atoms with E-state index in [1.54, 1.807) is 7.11 Å². The zero-order valence-electron chi connectivity index (χ0n) is 21.2. The molecule has 6 nitrogen and oxygen atoms in total. The number of fused-ring (bicyclic) bond motifs is 3. The van der Waals surface area contributed by atoms with Crippen molar-refractivity contribution in [3.05, 3.63) is 28.4 Å². The number of halogens is 1. The van der Waals surface area contributed by atoms with Crippen molar-refractivity contribution in [3.8, 4) is 5.75 Å². The summed E-state index contributed by atoms with van der Waals surface area (Å²) in [5, 5.41) is 4.95. The van der Waals surface area contributed by atoms with Crippen LogP contribution in [0.2, 0.25) is 5.02 Å². The lowest BCUT2D eigenvalue weighted by atomic mass is 9.68. The van der Waals surface area contributed by atoms with Gasteiger partial charge in [-0.15, -0.1) is 0 Å². The van der Waals surface area contributed by atoms with E-state index in [2.05, 4.69) is 42.5 Å². The molecule has 34 heavy (non-hydrogen) atoms. The molecular formula is C27H38ClN3O3. The van der Waals surface area contributed by atoms with Gasteiger partial charge in [-0.3, -0.25) is 9.69 Å². The van der Waals surface area contributed by atoms with Crippen LogP contribution in [-0.2, 0) is 11.3 Å². The maximum Gasteiger partial charge on any atom is 0.253 e. The number of methoxy groups -OCH3 is 1. The Balaban J connectivity index is 1.52. The molecule has 3 fully saturated rings. The fourth-order valence-electron chi connectivity index (χ4n) is 7.19. The number of aromatic nitrogens is 1. The highest BCUT2D eigenvalue weighted by atomic mass is 35.5. The summed E-state index contributed by atoms with van der Waals surface area (Å²) in [5.74, 6) is 1.39. The topological polar surface area (TPSA) is 55.7 Å². The molecule has 0 radical (unpaired) electrons. The summed E-state index contributed by atoms with van der Waals surface area (Å²) in [4.78, 5) is 16.3. The Labute approximate surface area is 207 Å². The first-order valence-electron chi connectivity index (χ1n) is 12.6. The summed E-state index contributed by atoms with van der Waals surface area (Å²) < 4.78 is 13.5. The van der Waals surface area contributed by atoms with Crippen LogP contribution < -0.4 is 10.1 Å². The average Bonchev–Trinajstić information content (AvgIpc) is 3.39. The first-order valence-corrected chi connectivity index (χ1v) is 13.0. The maximum absolute atomic E-state index is 13.9. The van der Waals surface area contributed by atoms with Gasteiger partial charge in [0.1, 0.15) is 5.75 Å². The minimum atomic E-state index is 0.00351. The molecule has 2 saturated carbocycles. The molecular weight excluding hydrogens is 450 g/mol. The van der Waals surface area contributed by atoms with Crippen LogP contribution in [0.25, 0.3) is 10.9 Å². The van der Waals surface area contributed by atoms with Crippen LogP contribution in [0.3, 0.4) is 0 Å². The normalized spacial score (nSPS) is 28.5. The third-order valence-electron chi connectivity index (χ3n) is 9.08. The molecule has 2 aromatic rings. The van der Waals surface area contributed by atoms with E-state index in [-0.39, 0.29) is 22.8 Å². The molecule has 0 spiro atoms. The van der Waals surface area contributed by atoms with Crippen molar-refractivity contribution >= 4 is 28.4 Å². The quantitative estimate of drug-likeness (QED) is 0.630. The number of ether oxygens (including phenoxy) is 2. The number of nitrogens with one attached hydrogen (secondary N) is 1. The van der Waals surface area contributed by atoms with Crippen LogP contribution in [0.4, 0.5) is 0 Å². The molecule has 2 aliphatic carbocycles. The molecule has 2 unspecified atom stereocenters. The molecule has 3 aliphatic rings. The number of hydrogen-bond donors (Lipinski definition) is 1. The monoisotopic (exact) mass is 487 g/mol. The number of morpholine rings is 1.